The van der Waals surface area contributed by atoms with Gasteiger partial charge in [-0.05, 0) is 47.5 Å². The predicted molar refractivity (Wildman–Crippen MR) is 141 cm³/mol. The Morgan fingerprint density at radius 3 is 1.58 bits per heavy atom. The van der Waals surface area contributed by atoms with Crippen molar-refractivity contribution >= 4 is 59.9 Å². The van der Waals surface area contributed by atoms with E-state index >= 15 is 0 Å². The van der Waals surface area contributed by atoms with Crippen LogP contribution in [0.5, 0.6) is 0 Å². The van der Waals surface area contributed by atoms with E-state index < -0.39 is 0 Å². The van der Waals surface area contributed by atoms with Crippen molar-refractivity contribution in [2.45, 2.75) is 0 Å². The molecule has 2 heteroatoms. The minimum atomic E-state index is 1.26. The van der Waals surface area contributed by atoms with Crippen molar-refractivity contribution in [2.24, 2.45) is 7.05 Å². The number of aromatic nitrogens is 2. The first-order valence-electron chi connectivity index (χ1n) is 11.4. The highest BCUT2D eigenvalue weighted by Gasteiger charge is 2.18. The van der Waals surface area contributed by atoms with E-state index in [-0.39, 0.29) is 0 Å². The molecule has 0 unspecified atom stereocenters. The van der Waals surface area contributed by atoms with Gasteiger partial charge in [-0.3, -0.25) is 0 Å². The molecule has 2 nitrogen and oxygen atoms in total. The molecule has 3 heterocycles. The Morgan fingerprint density at radius 2 is 0.939 bits per heavy atom. The van der Waals surface area contributed by atoms with Crippen LogP contribution in [-0.2, 0) is 7.05 Å². The van der Waals surface area contributed by atoms with Gasteiger partial charge in [-0.25, -0.2) is 0 Å². The van der Waals surface area contributed by atoms with E-state index in [1.54, 1.807) is 0 Å². The highest BCUT2D eigenvalue weighted by atomic mass is 14.9. The molecule has 0 N–H and O–H groups in total. The van der Waals surface area contributed by atoms with Gasteiger partial charge < -0.3 is 8.97 Å². The smallest absolute Gasteiger partial charge is 0.0620 e. The number of fused-ring (bicyclic) bond motifs is 9. The van der Waals surface area contributed by atoms with Gasteiger partial charge in [-0.15, -0.1) is 0 Å². The zero-order valence-corrected chi connectivity index (χ0v) is 18.2. The first-order valence-corrected chi connectivity index (χ1v) is 11.4. The summed E-state index contributed by atoms with van der Waals surface area (Å²) in [5.74, 6) is 0. The second-order valence-electron chi connectivity index (χ2n) is 9.10. The van der Waals surface area contributed by atoms with Crippen LogP contribution in [0.25, 0.3) is 71.0 Å². The number of aryl methyl sites for hydroxylation is 1. The molecular formula is C31H20N2. The Labute approximate surface area is 190 Å². The molecule has 0 bridgehead atoms. The molecule has 8 rings (SSSR count). The number of para-hydroxylation sites is 3. The van der Waals surface area contributed by atoms with Crippen molar-refractivity contribution in [3.63, 3.8) is 0 Å². The zero-order valence-electron chi connectivity index (χ0n) is 18.2. The van der Waals surface area contributed by atoms with Gasteiger partial charge in [0.1, 0.15) is 0 Å². The van der Waals surface area contributed by atoms with Crippen molar-refractivity contribution in [3.05, 3.63) is 103 Å². The van der Waals surface area contributed by atoms with Crippen LogP contribution >= 0.6 is 0 Å². The average molecular weight is 421 g/mol. The molecule has 5 aromatic carbocycles. The van der Waals surface area contributed by atoms with Crippen LogP contribution in [-0.4, -0.2) is 8.97 Å². The molecule has 0 aliphatic rings. The van der Waals surface area contributed by atoms with Gasteiger partial charge in [0.05, 0.1) is 16.6 Å². The lowest BCUT2D eigenvalue weighted by molar-refractivity contribution is 1.01. The quantitative estimate of drug-likeness (QED) is 0.253. The van der Waals surface area contributed by atoms with E-state index in [0.717, 1.165) is 0 Å². The first kappa shape index (κ1) is 17.3. The Bertz CT molecular complexity index is 1950. The molecular weight excluding hydrogens is 400 g/mol. The first-order chi connectivity index (χ1) is 16.3. The van der Waals surface area contributed by atoms with Crippen LogP contribution in [0.3, 0.4) is 0 Å². The fourth-order valence-corrected chi connectivity index (χ4v) is 5.96. The summed E-state index contributed by atoms with van der Waals surface area (Å²) in [7, 11) is 2.17. The molecule has 154 valence electrons. The molecule has 0 radical (unpaired) electrons. The summed E-state index contributed by atoms with van der Waals surface area (Å²) in [6, 6.07) is 37.9. The summed E-state index contributed by atoms with van der Waals surface area (Å²) in [6.45, 7) is 0. The van der Waals surface area contributed by atoms with Crippen LogP contribution in [0.1, 0.15) is 0 Å². The largest absolute Gasteiger partial charge is 0.344 e. The number of hydrogen-bond donors (Lipinski definition) is 0. The van der Waals surface area contributed by atoms with E-state index in [1.165, 1.54) is 71.0 Å². The molecule has 0 amide bonds. The van der Waals surface area contributed by atoms with Gasteiger partial charge in [0.15, 0.2) is 0 Å². The molecule has 0 spiro atoms. The van der Waals surface area contributed by atoms with Crippen LogP contribution < -0.4 is 0 Å². The summed E-state index contributed by atoms with van der Waals surface area (Å²) in [5, 5.41) is 7.90. The molecule has 8 aromatic rings. The third-order valence-electron chi connectivity index (χ3n) is 7.45. The lowest BCUT2D eigenvalue weighted by Crippen LogP contribution is -1.87. The molecule has 0 atom stereocenters. The fourth-order valence-electron chi connectivity index (χ4n) is 5.96. The standard InChI is InChI=1S/C31H20N2/c1-32-27-11-5-2-8-21(27)24-15-14-19(18-30(24)32)20-16-25-22-9-3-6-12-28(22)33-29-13-7-4-10-23(29)26(17-20)31(25)33/h2-18H,1H3. The number of benzene rings is 5. The lowest BCUT2D eigenvalue weighted by atomic mass is 9.98. The second-order valence-corrected chi connectivity index (χ2v) is 9.10. The van der Waals surface area contributed by atoms with Gasteiger partial charge in [0.2, 0.25) is 0 Å². The molecule has 33 heavy (non-hydrogen) atoms. The Kier molecular flexibility index (Phi) is 3.11. The van der Waals surface area contributed by atoms with Crippen LogP contribution in [0.4, 0.5) is 0 Å². The Hall–Kier alpha value is -4.30. The molecule has 0 fully saturated rings. The van der Waals surface area contributed by atoms with Gasteiger partial charge in [-0.2, -0.15) is 0 Å². The maximum atomic E-state index is 2.44. The summed E-state index contributed by atoms with van der Waals surface area (Å²) >= 11 is 0. The Morgan fingerprint density at radius 1 is 0.424 bits per heavy atom. The van der Waals surface area contributed by atoms with Crippen LogP contribution in [0, 0.1) is 0 Å². The topological polar surface area (TPSA) is 9.34 Å². The van der Waals surface area contributed by atoms with Crippen LogP contribution in [0.15, 0.2) is 103 Å². The number of hydrogen-bond acceptors (Lipinski definition) is 0. The maximum absolute atomic E-state index is 2.44. The van der Waals surface area contributed by atoms with Gasteiger partial charge >= 0.3 is 0 Å². The van der Waals surface area contributed by atoms with Gasteiger partial charge in [0.25, 0.3) is 0 Å². The van der Waals surface area contributed by atoms with Crippen molar-refractivity contribution in [1.82, 2.24) is 8.97 Å². The van der Waals surface area contributed by atoms with Crippen molar-refractivity contribution in [1.29, 1.82) is 0 Å². The molecule has 0 saturated carbocycles. The molecule has 0 aliphatic carbocycles. The van der Waals surface area contributed by atoms with Gasteiger partial charge in [0, 0.05) is 50.4 Å². The third kappa shape index (κ3) is 2.08. The molecule has 0 aliphatic heterocycles. The van der Waals surface area contributed by atoms with E-state index in [9.17, 15) is 0 Å². The van der Waals surface area contributed by atoms with E-state index in [4.69, 9.17) is 0 Å². The summed E-state index contributed by atoms with van der Waals surface area (Å²) < 4.78 is 4.75. The lowest BCUT2D eigenvalue weighted by Gasteiger charge is -2.06. The summed E-state index contributed by atoms with van der Waals surface area (Å²) in [5.41, 5.74) is 8.95. The predicted octanol–water partition coefficient (Wildman–Crippen LogP) is 8.15. The monoisotopic (exact) mass is 420 g/mol. The fraction of sp³-hybridized carbons (Fsp3) is 0.0323. The minimum absolute atomic E-state index is 1.26. The summed E-state index contributed by atoms with van der Waals surface area (Å²) in [6.07, 6.45) is 0. The summed E-state index contributed by atoms with van der Waals surface area (Å²) in [4.78, 5) is 0. The minimum Gasteiger partial charge on any atom is -0.344 e. The third-order valence-corrected chi connectivity index (χ3v) is 7.45. The van der Waals surface area contributed by atoms with E-state index in [0.29, 0.717) is 0 Å². The number of nitrogens with zero attached hydrogens (tertiary/aromatic N) is 2. The molecule has 0 saturated heterocycles. The van der Waals surface area contributed by atoms with Crippen molar-refractivity contribution in [2.75, 3.05) is 0 Å². The van der Waals surface area contributed by atoms with Crippen LogP contribution in [0.2, 0.25) is 0 Å². The highest BCUT2D eigenvalue weighted by molar-refractivity contribution is 6.24. The average Bonchev–Trinajstić information content (AvgIpc) is 3.49. The van der Waals surface area contributed by atoms with Crippen molar-refractivity contribution in [3.8, 4) is 11.1 Å². The van der Waals surface area contributed by atoms with Crippen molar-refractivity contribution < 1.29 is 0 Å². The maximum Gasteiger partial charge on any atom is 0.0620 e. The normalized spacial score (nSPS) is 12.4. The number of rotatable bonds is 1. The highest BCUT2D eigenvalue weighted by Crippen LogP contribution is 2.42. The zero-order chi connectivity index (χ0) is 21.7. The Balaban J connectivity index is 1.51. The SMILES string of the molecule is Cn1c2ccccc2c2ccc(-c3cc4c5ccccc5n5c6ccccc6c(c3)c45)cc21. The second kappa shape index (κ2) is 5.93. The van der Waals surface area contributed by atoms with Gasteiger partial charge in [-0.1, -0.05) is 66.7 Å². The van der Waals surface area contributed by atoms with E-state index in [2.05, 4.69) is 119 Å². The molecule has 3 aromatic heterocycles. The van der Waals surface area contributed by atoms with E-state index in [1.807, 2.05) is 0 Å².